The van der Waals surface area contributed by atoms with E-state index in [4.69, 9.17) is 9.47 Å². The lowest BCUT2D eigenvalue weighted by Gasteiger charge is -2.39. The van der Waals surface area contributed by atoms with Crippen molar-refractivity contribution in [1.82, 2.24) is 15.1 Å². The van der Waals surface area contributed by atoms with Crippen molar-refractivity contribution < 1.29 is 23.0 Å². The first-order valence-electron chi connectivity index (χ1n) is 11.7. The minimum Gasteiger partial charge on any atom is -0.486 e. The Balaban J connectivity index is 1.19. The molecule has 2 fully saturated rings. The first kappa shape index (κ1) is 22.0. The van der Waals surface area contributed by atoms with Crippen LogP contribution in [-0.4, -0.2) is 67.0 Å². The number of piperazine rings is 1. The van der Waals surface area contributed by atoms with Crippen LogP contribution in [0.25, 0.3) is 10.9 Å². The van der Waals surface area contributed by atoms with E-state index in [1.54, 1.807) is 18.3 Å². The third-order valence-corrected chi connectivity index (χ3v) is 6.92. The molecule has 10 heteroatoms. The summed E-state index contributed by atoms with van der Waals surface area (Å²) in [7, 11) is 0. The van der Waals surface area contributed by atoms with Crippen LogP contribution in [0.3, 0.4) is 0 Å². The topological polar surface area (TPSA) is 79.8 Å². The SMILES string of the molecule is O=C(C1COC1)N1CCN(c2ccc3nncc(NCc4cccc5c4OCC5(F)F)c3c2)CC1. The average Bonchev–Trinajstić information content (AvgIpc) is 3.16. The van der Waals surface area contributed by atoms with Crippen molar-refractivity contribution >= 4 is 28.2 Å². The number of nitrogens with one attached hydrogen (secondary N) is 1. The number of carbonyl (C=O) groups excluding carboxylic acids is 1. The molecule has 0 saturated carbocycles. The Hall–Kier alpha value is -3.53. The Morgan fingerprint density at radius 3 is 2.74 bits per heavy atom. The van der Waals surface area contributed by atoms with E-state index >= 15 is 0 Å². The number of ether oxygens (including phenoxy) is 2. The number of hydrogen-bond acceptors (Lipinski definition) is 7. The highest BCUT2D eigenvalue weighted by atomic mass is 19.3. The molecule has 3 aromatic rings. The number of fused-ring (bicyclic) bond motifs is 2. The highest BCUT2D eigenvalue weighted by molar-refractivity contribution is 5.93. The summed E-state index contributed by atoms with van der Waals surface area (Å²) >= 11 is 0. The summed E-state index contributed by atoms with van der Waals surface area (Å²) in [5, 5.41) is 12.5. The Kier molecular flexibility index (Phi) is 5.40. The number of halogens is 2. The van der Waals surface area contributed by atoms with Gasteiger partial charge in [0, 0.05) is 49.4 Å². The number of para-hydroxylation sites is 1. The van der Waals surface area contributed by atoms with Crippen molar-refractivity contribution in [2.24, 2.45) is 5.92 Å². The molecule has 35 heavy (non-hydrogen) atoms. The second kappa shape index (κ2) is 8.60. The summed E-state index contributed by atoms with van der Waals surface area (Å²) in [4.78, 5) is 16.7. The fourth-order valence-electron chi connectivity index (χ4n) is 4.82. The molecule has 4 heterocycles. The van der Waals surface area contributed by atoms with Gasteiger partial charge in [-0.25, -0.2) is 0 Å². The Morgan fingerprint density at radius 2 is 1.97 bits per heavy atom. The number of hydrogen-bond donors (Lipinski definition) is 1. The van der Waals surface area contributed by atoms with Crippen LogP contribution >= 0.6 is 0 Å². The van der Waals surface area contributed by atoms with Crippen molar-refractivity contribution in [1.29, 1.82) is 0 Å². The van der Waals surface area contributed by atoms with Gasteiger partial charge in [0.2, 0.25) is 5.91 Å². The van der Waals surface area contributed by atoms with E-state index in [9.17, 15) is 13.6 Å². The molecule has 0 bridgehead atoms. The van der Waals surface area contributed by atoms with Crippen molar-refractivity contribution in [3.63, 3.8) is 0 Å². The van der Waals surface area contributed by atoms with Crippen molar-refractivity contribution in [3.8, 4) is 5.75 Å². The van der Waals surface area contributed by atoms with Gasteiger partial charge >= 0.3 is 5.92 Å². The predicted octanol–water partition coefficient (Wildman–Crippen LogP) is 3.02. The highest BCUT2D eigenvalue weighted by Gasteiger charge is 2.42. The van der Waals surface area contributed by atoms with E-state index in [1.807, 2.05) is 17.0 Å². The van der Waals surface area contributed by atoms with Gasteiger partial charge in [0.15, 0.2) is 6.61 Å². The maximum absolute atomic E-state index is 14.0. The lowest BCUT2D eigenvalue weighted by molar-refractivity contribution is -0.150. The highest BCUT2D eigenvalue weighted by Crippen LogP contribution is 2.43. The molecular formula is C25H25F2N5O3. The summed E-state index contributed by atoms with van der Waals surface area (Å²) in [6.45, 7) is 3.59. The van der Waals surface area contributed by atoms with Crippen molar-refractivity contribution in [3.05, 3.63) is 53.7 Å². The molecule has 1 amide bonds. The number of aromatic nitrogens is 2. The molecule has 8 nitrogen and oxygen atoms in total. The van der Waals surface area contributed by atoms with Crippen LogP contribution in [0.2, 0.25) is 0 Å². The van der Waals surface area contributed by atoms with E-state index in [0.717, 1.165) is 35.4 Å². The number of anilines is 2. The summed E-state index contributed by atoms with van der Waals surface area (Å²) in [5.74, 6) is -2.52. The van der Waals surface area contributed by atoms with Crippen LogP contribution in [0.15, 0.2) is 42.6 Å². The zero-order chi connectivity index (χ0) is 24.0. The molecule has 3 aliphatic rings. The Bertz CT molecular complexity index is 1280. The molecule has 0 unspecified atom stereocenters. The third-order valence-electron chi connectivity index (χ3n) is 6.92. The van der Waals surface area contributed by atoms with Gasteiger partial charge in [-0.15, -0.1) is 0 Å². The molecule has 3 aliphatic heterocycles. The standard InChI is InChI=1S/C25H25F2N5O3/c26-25(27)15-35-23-16(2-1-3-20(23)25)11-28-22-12-29-30-21-5-4-18(10-19(21)22)31-6-8-32(9-7-31)24(33)17-13-34-14-17/h1-5,10,12,17H,6-9,11,13-15H2,(H,28,30). The molecule has 6 rings (SSSR count). The molecular weight excluding hydrogens is 456 g/mol. The normalized spacial score (nSPS) is 19.3. The molecule has 1 aromatic heterocycles. The number of amides is 1. The minimum atomic E-state index is -2.97. The maximum atomic E-state index is 14.0. The number of alkyl halides is 2. The van der Waals surface area contributed by atoms with E-state index in [0.29, 0.717) is 38.4 Å². The largest absolute Gasteiger partial charge is 0.486 e. The predicted molar refractivity (Wildman–Crippen MR) is 126 cm³/mol. The fraction of sp³-hybridized carbons (Fsp3) is 0.400. The number of benzene rings is 2. The minimum absolute atomic E-state index is 0.0110. The lowest BCUT2D eigenvalue weighted by atomic mass is 10.1. The Morgan fingerprint density at radius 1 is 1.14 bits per heavy atom. The smallest absolute Gasteiger partial charge is 0.310 e. The zero-order valence-electron chi connectivity index (χ0n) is 19.0. The van der Waals surface area contributed by atoms with Gasteiger partial charge in [-0.1, -0.05) is 12.1 Å². The molecule has 0 radical (unpaired) electrons. The lowest BCUT2D eigenvalue weighted by Crippen LogP contribution is -2.53. The summed E-state index contributed by atoms with van der Waals surface area (Å²) in [6.07, 6.45) is 1.64. The molecule has 2 aromatic carbocycles. The summed E-state index contributed by atoms with van der Waals surface area (Å²) < 4.78 is 38.6. The van der Waals surface area contributed by atoms with Gasteiger partial charge < -0.3 is 24.6 Å². The van der Waals surface area contributed by atoms with E-state index in [2.05, 4.69) is 26.5 Å². The van der Waals surface area contributed by atoms with Crippen LogP contribution in [0.5, 0.6) is 5.75 Å². The third kappa shape index (κ3) is 4.01. The van der Waals surface area contributed by atoms with Crippen molar-refractivity contribution in [2.75, 3.05) is 56.2 Å². The number of rotatable bonds is 5. The van der Waals surface area contributed by atoms with Gasteiger partial charge in [-0.2, -0.15) is 19.0 Å². The molecule has 2 saturated heterocycles. The first-order chi connectivity index (χ1) is 17.0. The second-order valence-electron chi connectivity index (χ2n) is 9.15. The van der Waals surface area contributed by atoms with Crippen LogP contribution < -0.4 is 15.0 Å². The monoisotopic (exact) mass is 481 g/mol. The van der Waals surface area contributed by atoms with Gasteiger partial charge in [-0.05, 0) is 24.3 Å². The molecule has 0 spiro atoms. The van der Waals surface area contributed by atoms with Crippen LogP contribution in [-0.2, 0) is 22.0 Å². The fourth-order valence-corrected chi connectivity index (χ4v) is 4.82. The van der Waals surface area contributed by atoms with Crippen LogP contribution in [0.1, 0.15) is 11.1 Å². The molecule has 0 aliphatic carbocycles. The second-order valence-corrected chi connectivity index (χ2v) is 9.15. The average molecular weight is 482 g/mol. The Labute approximate surface area is 200 Å². The van der Waals surface area contributed by atoms with E-state index in [-0.39, 0.29) is 23.1 Å². The van der Waals surface area contributed by atoms with Crippen molar-refractivity contribution in [2.45, 2.75) is 12.5 Å². The number of carbonyl (C=O) groups is 1. The summed E-state index contributed by atoms with van der Waals surface area (Å²) in [6, 6.07) is 10.8. The number of nitrogens with zero attached hydrogens (tertiary/aromatic N) is 4. The summed E-state index contributed by atoms with van der Waals surface area (Å²) in [5.41, 5.74) is 3.13. The van der Waals surface area contributed by atoms with Crippen LogP contribution in [0, 0.1) is 5.92 Å². The quantitative estimate of drug-likeness (QED) is 0.600. The van der Waals surface area contributed by atoms with Crippen LogP contribution in [0.4, 0.5) is 20.2 Å². The van der Waals surface area contributed by atoms with E-state index < -0.39 is 12.5 Å². The van der Waals surface area contributed by atoms with Gasteiger partial charge in [0.05, 0.1) is 42.1 Å². The molecule has 1 N–H and O–H groups in total. The zero-order valence-corrected chi connectivity index (χ0v) is 19.0. The molecule has 182 valence electrons. The van der Waals surface area contributed by atoms with Gasteiger partial charge in [0.25, 0.3) is 0 Å². The first-order valence-corrected chi connectivity index (χ1v) is 11.7. The van der Waals surface area contributed by atoms with Gasteiger partial charge in [-0.3, -0.25) is 4.79 Å². The molecule has 0 atom stereocenters. The van der Waals surface area contributed by atoms with E-state index in [1.165, 1.54) is 6.07 Å². The van der Waals surface area contributed by atoms with Gasteiger partial charge in [0.1, 0.15) is 5.75 Å². The maximum Gasteiger partial charge on any atom is 0.310 e.